The molecule has 23 heavy (non-hydrogen) atoms. The molecule has 0 heterocycles. The van der Waals surface area contributed by atoms with Crippen molar-refractivity contribution in [2.75, 3.05) is 6.61 Å². The smallest absolute Gasteiger partial charge is 0.302 e. The van der Waals surface area contributed by atoms with Crippen LogP contribution in [-0.2, 0) is 9.53 Å². The first-order valence-corrected chi connectivity index (χ1v) is 9.55. The normalized spacial score (nSPS) is 13.7. The van der Waals surface area contributed by atoms with E-state index in [2.05, 4.69) is 6.92 Å². The summed E-state index contributed by atoms with van der Waals surface area (Å²) >= 11 is 0. The predicted octanol–water partition coefficient (Wildman–Crippen LogP) is 4.36. The number of esters is 1. The highest BCUT2D eigenvalue weighted by atomic mass is 16.5. The molecule has 0 amide bonds. The zero-order valence-electron chi connectivity index (χ0n) is 15.3. The lowest BCUT2D eigenvalue weighted by Gasteiger charge is -2.15. The molecule has 0 saturated carbocycles. The standard InChI is InChI=1S/C19H38O4/c1-3-4-5-6-7-8-9-10-11-12-13-14-18(21)15-19(22)16-23-17(2)20/h18-19,21-22H,3-16H2,1-2H3/t18-,19-/m0/s1. The van der Waals surface area contributed by atoms with E-state index >= 15 is 0 Å². The van der Waals surface area contributed by atoms with Gasteiger partial charge in [-0.3, -0.25) is 4.79 Å². The predicted molar refractivity (Wildman–Crippen MR) is 94.3 cm³/mol. The van der Waals surface area contributed by atoms with E-state index in [-0.39, 0.29) is 13.0 Å². The van der Waals surface area contributed by atoms with Gasteiger partial charge in [-0.15, -0.1) is 0 Å². The fraction of sp³-hybridized carbons (Fsp3) is 0.947. The molecule has 138 valence electrons. The molecule has 0 saturated heterocycles. The van der Waals surface area contributed by atoms with E-state index in [1.165, 1.54) is 64.7 Å². The molecule has 0 bridgehead atoms. The first-order valence-electron chi connectivity index (χ1n) is 9.55. The van der Waals surface area contributed by atoms with Gasteiger partial charge in [-0.1, -0.05) is 77.6 Å². The topological polar surface area (TPSA) is 66.8 Å². The van der Waals surface area contributed by atoms with Crippen LogP contribution in [0.15, 0.2) is 0 Å². The SMILES string of the molecule is CCCCCCCCCCCCC[C@H](O)C[C@H](O)COC(C)=O. The van der Waals surface area contributed by atoms with E-state index in [9.17, 15) is 15.0 Å². The highest BCUT2D eigenvalue weighted by Crippen LogP contribution is 2.13. The molecule has 0 aliphatic rings. The van der Waals surface area contributed by atoms with Gasteiger partial charge in [0.25, 0.3) is 0 Å². The third-order valence-electron chi connectivity index (χ3n) is 4.16. The number of carbonyl (C=O) groups is 1. The van der Waals surface area contributed by atoms with Crippen LogP contribution in [0.4, 0.5) is 0 Å². The molecule has 0 unspecified atom stereocenters. The molecule has 4 heteroatoms. The molecular formula is C19H38O4. The van der Waals surface area contributed by atoms with Crippen molar-refractivity contribution >= 4 is 5.97 Å². The highest BCUT2D eigenvalue weighted by Gasteiger charge is 2.12. The summed E-state index contributed by atoms with van der Waals surface area (Å²) in [6.45, 7) is 3.54. The molecule has 0 radical (unpaired) electrons. The van der Waals surface area contributed by atoms with E-state index in [1.54, 1.807) is 0 Å². The third kappa shape index (κ3) is 17.6. The van der Waals surface area contributed by atoms with Crippen molar-refractivity contribution in [3.8, 4) is 0 Å². The van der Waals surface area contributed by atoms with Crippen LogP contribution >= 0.6 is 0 Å². The van der Waals surface area contributed by atoms with Crippen LogP contribution in [-0.4, -0.2) is 35.0 Å². The Kier molecular flexibility index (Phi) is 15.8. The zero-order chi connectivity index (χ0) is 17.3. The Bertz CT molecular complexity index is 268. The van der Waals surface area contributed by atoms with Crippen molar-refractivity contribution < 1.29 is 19.7 Å². The summed E-state index contributed by atoms with van der Waals surface area (Å²) in [5.41, 5.74) is 0. The fourth-order valence-corrected chi connectivity index (χ4v) is 2.76. The molecule has 0 aromatic carbocycles. The number of aliphatic hydroxyl groups excluding tert-OH is 2. The van der Waals surface area contributed by atoms with E-state index < -0.39 is 18.2 Å². The van der Waals surface area contributed by atoms with E-state index in [4.69, 9.17) is 4.74 Å². The van der Waals surface area contributed by atoms with Gasteiger partial charge in [-0.05, 0) is 6.42 Å². The Morgan fingerprint density at radius 1 is 0.826 bits per heavy atom. The molecular weight excluding hydrogens is 292 g/mol. The molecule has 0 aliphatic carbocycles. The van der Waals surface area contributed by atoms with Gasteiger partial charge in [0.2, 0.25) is 0 Å². The number of unbranched alkanes of at least 4 members (excludes halogenated alkanes) is 10. The maximum absolute atomic E-state index is 10.6. The summed E-state index contributed by atoms with van der Waals surface area (Å²) in [7, 11) is 0. The summed E-state index contributed by atoms with van der Waals surface area (Å²) < 4.78 is 4.72. The van der Waals surface area contributed by atoms with Crippen molar-refractivity contribution in [1.82, 2.24) is 0 Å². The second-order valence-electron chi connectivity index (χ2n) is 6.67. The molecule has 0 rings (SSSR count). The van der Waals surface area contributed by atoms with Crippen molar-refractivity contribution in [2.45, 2.75) is 110 Å². The Hall–Kier alpha value is -0.610. The second kappa shape index (κ2) is 16.3. The van der Waals surface area contributed by atoms with Gasteiger partial charge in [0.05, 0.1) is 12.2 Å². The largest absolute Gasteiger partial charge is 0.463 e. The quantitative estimate of drug-likeness (QED) is 0.326. The number of hydrogen-bond donors (Lipinski definition) is 2. The number of ether oxygens (including phenoxy) is 1. The monoisotopic (exact) mass is 330 g/mol. The van der Waals surface area contributed by atoms with Crippen LogP contribution < -0.4 is 0 Å². The first-order chi connectivity index (χ1) is 11.1. The minimum Gasteiger partial charge on any atom is -0.463 e. The lowest BCUT2D eigenvalue weighted by molar-refractivity contribution is -0.144. The molecule has 0 aromatic rings. The fourth-order valence-electron chi connectivity index (χ4n) is 2.76. The molecule has 2 N–H and O–H groups in total. The lowest BCUT2D eigenvalue weighted by Crippen LogP contribution is -2.23. The van der Waals surface area contributed by atoms with E-state index in [0.29, 0.717) is 6.42 Å². The summed E-state index contributed by atoms with van der Waals surface area (Å²) in [4.78, 5) is 10.6. The van der Waals surface area contributed by atoms with Crippen molar-refractivity contribution in [3.05, 3.63) is 0 Å². The average molecular weight is 331 g/mol. The van der Waals surface area contributed by atoms with Gasteiger partial charge in [0.1, 0.15) is 6.61 Å². The van der Waals surface area contributed by atoms with E-state index in [0.717, 1.165) is 12.8 Å². The van der Waals surface area contributed by atoms with Crippen molar-refractivity contribution in [1.29, 1.82) is 0 Å². The van der Waals surface area contributed by atoms with Gasteiger partial charge in [0, 0.05) is 13.3 Å². The number of carbonyl (C=O) groups excluding carboxylic acids is 1. The van der Waals surface area contributed by atoms with Crippen LogP contribution in [0.25, 0.3) is 0 Å². The van der Waals surface area contributed by atoms with Gasteiger partial charge >= 0.3 is 5.97 Å². The van der Waals surface area contributed by atoms with Crippen molar-refractivity contribution in [2.24, 2.45) is 0 Å². The number of rotatable bonds is 16. The highest BCUT2D eigenvalue weighted by molar-refractivity contribution is 5.65. The van der Waals surface area contributed by atoms with Gasteiger partial charge in [-0.2, -0.15) is 0 Å². The van der Waals surface area contributed by atoms with Gasteiger partial charge in [0.15, 0.2) is 0 Å². The van der Waals surface area contributed by atoms with Crippen LogP contribution in [0.3, 0.4) is 0 Å². The Labute approximate surface area is 142 Å². The van der Waals surface area contributed by atoms with Crippen LogP contribution in [0.2, 0.25) is 0 Å². The van der Waals surface area contributed by atoms with Crippen LogP contribution in [0.5, 0.6) is 0 Å². The molecule has 0 aromatic heterocycles. The third-order valence-corrected chi connectivity index (χ3v) is 4.16. The minimum absolute atomic E-state index is 0.0232. The molecule has 4 nitrogen and oxygen atoms in total. The average Bonchev–Trinajstić information content (AvgIpc) is 2.50. The first kappa shape index (κ1) is 22.4. The molecule has 0 fully saturated rings. The minimum atomic E-state index is -0.762. The van der Waals surface area contributed by atoms with Crippen LogP contribution in [0.1, 0.15) is 97.3 Å². The number of hydrogen-bond acceptors (Lipinski definition) is 4. The second-order valence-corrected chi connectivity index (χ2v) is 6.67. The van der Waals surface area contributed by atoms with Gasteiger partial charge < -0.3 is 14.9 Å². The van der Waals surface area contributed by atoms with E-state index in [1.807, 2.05) is 0 Å². The summed E-state index contributed by atoms with van der Waals surface area (Å²) in [6.07, 6.45) is 13.9. The zero-order valence-corrected chi connectivity index (χ0v) is 15.3. The summed E-state index contributed by atoms with van der Waals surface area (Å²) in [5, 5.41) is 19.4. The maximum Gasteiger partial charge on any atom is 0.302 e. The Morgan fingerprint density at radius 3 is 1.78 bits per heavy atom. The molecule has 0 aliphatic heterocycles. The van der Waals surface area contributed by atoms with Gasteiger partial charge in [-0.25, -0.2) is 0 Å². The number of aliphatic hydroxyl groups is 2. The van der Waals surface area contributed by atoms with Crippen LogP contribution in [0, 0.1) is 0 Å². The summed E-state index contributed by atoms with van der Waals surface area (Å²) in [6, 6.07) is 0. The summed E-state index contributed by atoms with van der Waals surface area (Å²) in [5.74, 6) is -0.399. The molecule has 0 spiro atoms. The maximum atomic E-state index is 10.6. The molecule has 2 atom stereocenters. The Balaban J connectivity index is 3.29. The van der Waals surface area contributed by atoms with Crippen molar-refractivity contribution in [3.63, 3.8) is 0 Å². The lowest BCUT2D eigenvalue weighted by atomic mass is 10.0. The Morgan fingerprint density at radius 2 is 1.30 bits per heavy atom.